The molecule has 55 valence electrons. The van der Waals surface area contributed by atoms with Crippen LogP contribution in [0.4, 0.5) is 0 Å². The van der Waals surface area contributed by atoms with Gasteiger partial charge in [0, 0.05) is 13.2 Å². The summed E-state index contributed by atoms with van der Waals surface area (Å²) in [5.41, 5.74) is 0. The molecule has 9 heavy (non-hydrogen) atoms. The molecule has 1 aliphatic heterocycles. The van der Waals surface area contributed by atoms with Gasteiger partial charge in [-0.05, 0) is 18.8 Å². The van der Waals surface area contributed by atoms with E-state index in [1.807, 2.05) is 0 Å². The molecule has 1 heteroatoms. The van der Waals surface area contributed by atoms with Gasteiger partial charge in [-0.2, -0.15) is 0 Å². The van der Waals surface area contributed by atoms with Crippen LogP contribution in [0.25, 0.3) is 0 Å². The van der Waals surface area contributed by atoms with E-state index in [0.717, 1.165) is 13.2 Å². The van der Waals surface area contributed by atoms with Crippen LogP contribution >= 0.6 is 0 Å². The van der Waals surface area contributed by atoms with Crippen LogP contribution in [0.15, 0.2) is 0 Å². The largest absolute Gasteiger partial charge is 0.381 e. The lowest BCUT2D eigenvalue weighted by molar-refractivity contribution is 0.198. The van der Waals surface area contributed by atoms with Crippen molar-refractivity contribution in [2.75, 3.05) is 13.2 Å². The van der Waals surface area contributed by atoms with Crippen molar-refractivity contribution in [1.29, 1.82) is 0 Å². The third-order valence-electron chi connectivity index (χ3n) is 0.827. The lowest BCUT2D eigenvalue weighted by atomic mass is 10.3. The topological polar surface area (TPSA) is 9.23 Å². The number of hydrogen-bond donors (Lipinski definition) is 0. The molecule has 1 heterocycles. The van der Waals surface area contributed by atoms with Gasteiger partial charge in [-0.25, -0.2) is 0 Å². The standard InChI is InChI=1S/C4H8O.C4H9/c1-2-4-5-3-1;1-4(2)3/h1-4H2;1-3H3. The highest BCUT2D eigenvalue weighted by Crippen LogP contribution is 1.98. The Morgan fingerprint density at radius 2 is 1.33 bits per heavy atom. The first-order valence-electron chi connectivity index (χ1n) is 3.58. The summed E-state index contributed by atoms with van der Waals surface area (Å²) < 4.78 is 4.94. The van der Waals surface area contributed by atoms with Gasteiger partial charge in [0.25, 0.3) is 0 Å². The third kappa shape index (κ3) is 11.5. The van der Waals surface area contributed by atoms with E-state index in [2.05, 4.69) is 20.8 Å². The van der Waals surface area contributed by atoms with Crippen LogP contribution in [-0.4, -0.2) is 13.2 Å². The van der Waals surface area contributed by atoms with E-state index in [-0.39, 0.29) is 0 Å². The van der Waals surface area contributed by atoms with Gasteiger partial charge in [0.1, 0.15) is 0 Å². The average molecular weight is 129 g/mol. The van der Waals surface area contributed by atoms with Crippen LogP contribution in [0.3, 0.4) is 0 Å². The zero-order chi connectivity index (χ0) is 7.11. The van der Waals surface area contributed by atoms with Crippen LogP contribution in [0.5, 0.6) is 0 Å². The molecule has 1 fully saturated rings. The van der Waals surface area contributed by atoms with Crippen LogP contribution < -0.4 is 0 Å². The van der Waals surface area contributed by atoms with Crippen molar-refractivity contribution in [3.63, 3.8) is 0 Å². The maximum atomic E-state index is 4.94. The quantitative estimate of drug-likeness (QED) is 0.488. The maximum Gasteiger partial charge on any atom is 0.0466 e. The Hall–Kier alpha value is -0.0400. The molecule has 0 bridgehead atoms. The van der Waals surface area contributed by atoms with E-state index >= 15 is 0 Å². The Balaban J connectivity index is 0.000000148. The summed E-state index contributed by atoms with van der Waals surface area (Å²) in [5, 5.41) is 0. The third-order valence-corrected chi connectivity index (χ3v) is 0.827. The van der Waals surface area contributed by atoms with Crippen molar-refractivity contribution in [3.8, 4) is 0 Å². The molecule has 0 spiro atoms. The fourth-order valence-corrected chi connectivity index (χ4v) is 0.510. The number of hydrogen-bond acceptors (Lipinski definition) is 1. The van der Waals surface area contributed by atoms with Crippen molar-refractivity contribution in [3.05, 3.63) is 5.92 Å². The van der Waals surface area contributed by atoms with Gasteiger partial charge in [-0.15, -0.1) is 0 Å². The van der Waals surface area contributed by atoms with Crippen LogP contribution in [0, 0.1) is 5.92 Å². The van der Waals surface area contributed by atoms with Gasteiger partial charge < -0.3 is 4.74 Å². The van der Waals surface area contributed by atoms with Gasteiger partial charge in [-0.3, -0.25) is 0 Å². The normalized spacial score (nSPS) is 17.3. The molecule has 0 aromatic heterocycles. The monoisotopic (exact) mass is 129 g/mol. The van der Waals surface area contributed by atoms with E-state index in [9.17, 15) is 0 Å². The summed E-state index contributed by atoms with van der Waals surface area (Å²) in [6.07, 6.45) is 2.56. The van der Waals surface area contributed by atoms with Crippen molar-refractivity contribution < 1.29 is 4.74 Å². The molecular formula is C8H17O. The summed E-state index contributed by atoms with van der Waals surface area (Å²) in [5.74, 6) is 1.42. The lowest BCUT2D eigenvalue weighted by Gasteiger charge is -1.78. The first-order valence-corrected chi connectivity index (χ1v) is 3.58. The molecule has 1 rings (SSSR count). The van der Waals surface area contributed by atoms with Gasteiger partial charge >= 0.3 is 0 Å². The molecule has 1 aliphatic rings. The molecule has 0 aliphatic carbocycles. The molecule has 0 saturated carbocycles. The zero-order valence-electron chi connectivity index (χ0n) is 6.74. The minimum atomic E-state index is 1.00. The van der Waals surface area contributed by atoms with Gasteiger partial charge in [0.15, 0.2) is 0 Å². The first kappa shape index (κ1) is 8.96. The molecular weight excluding hydrogens is 112 g/mol. The zero-order valence-corrected chi connectivity index (χ0v) is 6.74. The van der Waals surface area contributed by atoms with E-state index in [0.29, 0.717) is 0 Å². The number of ether oxygens (including phenoxy) is 1. The molecule has 0 N–H and O–H groups in total. The minimum absolute atomic E-state index is 1.00. The van der Waals surface area contributed by atoms with E-state index < -0.39 is 0 Å². The van der Waals surface area contributed by atoms with Crippen molar-refractivity contribution in [2.45, 2.75) is 33.6 Å². The second-order valence-electron chi connectivity index (χ2n) is 2.82. The minimum Gasteiger partial charge on any atom is -0.381 e. The molecule has 1 saturated heterocycles. The van der Waals surface area contributed by atoms with Crippen molar-refractivity contribution >= 4 is 0 Å². The Kier molecular flexibility index (Phi) is 6.06. The summed E-state index contributed by atoms with van der Waals surface area (Å²) in [6, 6.07) is 0. The second-order valence-corrected chi connectivity index (χ2v) is 2.82. The van der Waals surface area contributed by atoms with Crippen molar-refractivity contribution in [2.24, 2.45) is 0 Å². The van der Waals surface area contributed by atoms with Crippen LogP contribution in [0.2, 0.25) is 0 Å². The highest BCUT2D eigenvalue weighted by atomic mass is 16.5. The summed E-state index contributed by atoms with van der Waals surface area (Å²) in [6.45, 7) is 8.25. The molecule has 0 aromatic rings. The molecule has 0 aromatic carbocycles. The average Bonchev–Trinajstić information content (AvgIpc) is 2.11. The Labute approximate surface area is 58.4 Å². The summed E-state index contributed by atoms with van der Waals surface area (Å²) in [4.78, 5) is 0. The molecule has 0 amide bonds. The van der Waals surface area contributed by atoms with E-state index in [1.54, 1.807) is 0 Å². The van der Waals surface area contributed by atoms with Gasteiger partial charge in [-0.1, -0.05) is 20.8 Å². The van der Waals surface area contributed by atoms with Crippen LogP contribution in [0.1, 0.15) is 33.6 Å². The van der Waals surface area contributed by atoms with Gasteiger partial charge in [0.05, 0.1) is 0 Å². The smallest absolute Gasteiger partial charge is 0.0466 e. The molecule has 0 unspecified atom stereocenters. The number of rotatable bonds is 0. The summed E-state index contributed by atoms with van der Waals surface area (Å²) >= 11 is 0. The van der Waals surface area contributed by atoms with Crippen LogP contribution in [-0.2, 0) is 4.74 Å². The highest BCUT2D eigenvalue weighted by Gasteiger charge is 1.94. The molecule has 0 atom stereocenters. The predicted octanol–water partition coefficient (Wildman–Crippen LogP) is 2.42. The predicted molar refractivity (Wildman–Crippen MR) is 40.3 cm³/mol. The maximum absolute atomic E-state index is 4.94. The Bertz CT molecular complexity index is 36.2. The summed E-state index contributed by atoms with van der Waals surface area (Å²) in [7, 11) is 0. The fraction of sp³-hybridized carbons (Fsp3) is 0.875. The van der Waals surface area contributed by atoms with E-state index in [4.69, 9.17) is 4.74 Å². The Morgan fingerprint density at radius 1 is 1.00 bits per heavy atom. The second kappa shape index (κ2) is 6.09. The lowest BCUT2D eigenvalue weighted by Crippen LogP contribution is -1.74. The first-order chi connectivity index (χ1) is 4.23. The molecule has 1 radical (unpaired) electrons. The fourth-order valence-electron chi connectivity index (χ4n) is 0.510. The Morgan fingerprint density at radius 3 is 1.44 bits per heavy atom. The SMILES string of the molecule is C1CCOC1.C[C](C)C. The highest BCUT2D eigenvalue weighted by molar-refractivity contribution is 4.65. The van der Waals surface area contributed by atoms with Gasteiger partial charge in [0.2, 0.25) is 0 Å². The van der Waals surface area contributed by atoms with Crippen molar-refractivity contribution in [1.82, 2.24) is 0 Å². The molecule has 1 nitrogen and oxygen atoms in total. The van der Waals surface area contributed by atoms with E-state index in [1.165, 1.54) is 18.8 Å².